The average Bonchev–Trinajstić information content (AvgIpc) is 2.42. The number of halogens is 1. The molecule has 2 rings (SSSR count). The van der Waals surface area contributed by atoms with Crippen LogP contribution in [0.4, 0.5) is 11.4 Å². The Kier molecular flexibility index (Phi) is 4.54. The van der Waals surface area contributed by atoms with Gasteiger partial charge in [0.25, 0.3) is 5.91 Å². The molecule has 1 aromatic rings. The minimum atomic E-state index is -0.404. The molecule has 3 N–H and O–H groups in total. The third-order valence-corrected chi connectivity index (χ3v) is 3.02. The van der Waals surface area contributed by atoms with Gasteiger partial charge in [-0.2, -0.15) is 5.10 Å². The molecular weight excluding hydrogens is 296 g/mol. The van der Waals surface area contributed by atoms with Gasteiger partial charge in [-0.05, 0) is 18.2 Å². The number of hydrogen-bond acceptors (Lipinski definition) is 4. The van der Waals surface area contributed by atoms with Gasteiger partial charge in [-0.25, -0.2) is 5.43 Å². The van der Waals surface area contributed by atoms with Crippen molar-refractivity contribution in [2.24, 2.45) is 5.10 Å². The number of amides is 3. The number of carbonyl (C=O) groups excluding carboxylic acids is 3. The Morgan fingerprint density at radius 3 is 2.62 bits per heavy atom. The third kappa shape index (κ3) is 4.03. The molecule has 1 aliphatic heterocycles. The first-order chi connectivity index (χ1) is 9.95. The second-order valence-electron chi connectivity index (χ2n) is 4.42. The number of carbonyl (C=O) groups is 3. The van der Waals surface area contributed by atoms with Crippen LogP contribution in [-0.4, -0.2) is 23.4 Å². The van der Waals surface area contributed by atoms with E-state index in [2.05, 4.69) is 21.2 Å². The number of nitrogens with one attached hydrogen (secondary N) is 3. The van der Waals surface area contributed by atoms with Gasteiger partial charge >= 0.3 is 0 Å². The zero-order chi connectivity index (χ0) is 15.4. The second kappa shape index (κ2) is 6.36. The largest absolute Gasteiger partial charge is 0.325 e. The predicted molar refractivity (Wildman–Crippen MR) is 79.2 cm³/mol. The molecule has 1 aliphatic rings. The summed E-state index contributed by atoms with van der Waals surface area (Å²) >= 11 is 6.01. The molecule has 110 valence electrons. The highest BCUT2D eigenvalue weighted by atomic mass is 35.5. The molecule has 21 heavy (non-hydrogen) atoms. The third-order valence-electron chi connectivity index (χ3n) is 2.70. The summed E-state index contributed by atoms with van der Waals surface area (Å²) in [5.41, 5.74) is 3.44. The van der Waals surface area contributed by atoms with Crippen LogP contribution in [0.2, 0.25) is 5.02 Å². The average molecular weight is 309 g/mol. The molecule has 0 unspecified atom stereocenters. The summed E-state index contributed by atoms with van der Waals surface area (Å²) in [5.74, 6) is -0.853. The van der Waals surface area contributed by atoms with Gasteiger partial charge < -0.3 is 10.6 Å². The standard InChI is InChI=1S/C13H13ClN4O3/c1-7(19)15-10-3-2-8(6-9(10)14)16-13(21)11-4-5-12(20)18-17-11/h2-3,6H,4-5H2,1H3,(H,15,19)(H,16,21)(H,18,20). The van der Waals surface area contributed by atoms with Crippen LogP contribution in [0, 0.1) is 0 Å². The molecule has 1 aromatic carbocycles. The van der Waals surface area contributed by atoms with E-state index in [0.717, 1.165) is 0 Å². The van der Waals surface area contributed by atoms with Crippen LogP contribution in [0.25, 0.3) is 0 Å². The number of benzene rings is 1. The van der Waals surface area contributed by atoms with Crippen molar-refractivity contribution in [3.05, 3.63) is 23.2 Å². The summed E-state index contributed by atoms with van der Waals surface area (Å²) in [7, 11) is 0. The zero-order valence-electron chi connectivity index (χ0n) is 11.2. The van der Waals surface area contributed by atoms with Gasteiger partial charge in [0.2, 0.25) is 11.8 Å². The van der Waals surface area contributed by atoms with Crippen LogP contribution in [0.1, 0.15) is 19.8 Å². The maximum absolute atomic E-state index is 11.9. The van der Waals surface area contributed by atoms with E-state index in [1.807, 2.05) is 0 Å². The first kappa shape index (κ1) is 15.0. The fraction of sp³-hybridized carbons (Fsp3) is 0.231. The molecule has 1 heterocycles. The Morgan fingerprint density at radius 2 is 2.05 bits per heavy atom. The lowest BCUT2D eigenvalue weighted by Crippen LogP contribution is -2.32. The van der Waals surface area contributed by atoms with Gasteiger partial charge in [-0.15, -0.1) is 0 Å². The van der Waals surface area contributed by atoms with Gasteiger partial charge in [0, 0.05) is 25.5 Å². The Morgan fingerprint density at radius 1 is 1.29 bits per heavy atom. The fourth-order valence-corrected chi connectivity index (χ4v) is 1.95. The van der Waals surface area contributed by atoms with Crippen molar-refractivity contribution in [2.75, 3.05) is 10.6 Å². The van der Waals surface area contributed by atoms with Crippen molar-refractivity contribution < 1.29 is 14.4 Å². The normalized spacial score (nSPS) is 14.0. The maximum atomic E-state index is 11.9. The van der Waals surface area contributed by atoms with Crippen LogP contribution in [0.15, 0.2) is 23.3 Å². The topological polar surface area (TPSA) is 99.7 Å². The molecular formula is C13H13ClN4O3. The number of rotatable bonds is 3. The van der Waals surface area contributed by atoms with Crippen LogP contribution in [0.5, 0.6) is 0 Å². The van der Waals surface area contributed by atoms with Gasteiger partial charge in [0.15, 0.2) is 0 Å². The molecule has 3 amide bonds. The highest BCUT2D eigenvalue weighted by molar-refractivity contribution is 6.43. The minimum Gasteiger partial charge on any atom is -0.325 e. The zero-order valence-corrected chi connectivity index (χ0v) is 12.0. The van der Waals surface area contributed by atoms with E-state index in [1.165, 1.54) is 13.0 Å². The lowest BCUT2D eigenvalue weighted by molar-refractivity contribution is -0.121. The van der Waals surface area contributed by atoms with Crippen molar-refractivity contribution in [3.63, 3.8) is 0 Å². The van der Waals surface area contributed by atoms with Gasteiger partial charge in [0.05, 0.1) is 10.7 Å². The highest BCUT2D eigenvalue weighted by Crippen LogP contribution is 2.25. The molecule has 0 aliphatic carbocycles. The monoisotopic (exact) mass is 308 g/mol. The van der Waals surface area contributed by atoms with E-state index in [9.17, 15) is 14.4 Å². The highest BCUT2D eigenvalue weighted by Gasteiger charge is 2.18. The minimum absolute atomic E-state index is 0.214. The van der Waals surface area contributed by atoms with Gasteiger partial charge in [-0.1, -0.05) is 11.6 Å². The molecule has 0 atom stereocenters. The van der Waals surface area contributed by atoms with Crippen molar-refractivity contribution in [1.29, 1.82) is 0 Å². The number of hydrogen-bond donors (Lipinski definition) is 3. The lowest BCUT2D eigenvalue weighted by Gasteiger charge is -2.13. The van der Waals surface area contributed by atoms with Crippen molar-refractivity contribution in [1.82, 2.24) is 5.43 Å². The number of nitrogens with zero attached hydrogens (tertiary/aromatic N) is 1. The Labute approximate surface area is 125 Å². The van der Waals surface area contributed by atoms with E-state index in [1.54, 1.807) is 12.1 Å². The van der Waals surface area contributed by atoms with Crippen LogP contribution < -0.4 is 16.1 Å². The Balaban J connectivity index is 2.06. The smallest absolute Gasteiger partial charge is 0.271 e. The molecule has 0 fully saturated rings. The first-order valence-corrected chi connectivity index (χ1v) is 6.57. The lowest BCUT2D eigenvalue weighted by atomic mass is 10.1. The van der Waals surface area contributed by atoms with Crippen molar-refractivity contribution in [2.45, 2.75) is 19.8 Å². The predicted octanol–water partition coefficient (Wildman–Crippen LogP) is 1.50. The van der Waals surface area contributed by atoms with Crippen LogP contribution >= 0.6 is 11.6 Å². The van der Waals surface area contributed by atoms with Crippen LogP contribution in [0.3, 0.4) is 0 Å². The maximum Gasteiger partial charge on any atom is 0.271 e. The SMILES string of the molecule is CC(=O)Nc1ccc(NC(=O)C2=NNC(=O)CC2)cc1Cl. The van der Waals surface area contributed by atoms with E-state index >= 15 is 0 Å². The molecule has 0 saturated heterocycles. The summed E-state index contributed by atoms with van der Waals surface area (Å²) in [6.07, 6.45) is 0.518. The quantitative estimate of drug-likeness (QED) is 0.789. The number of hydrazone groups is 1. The molecule has 0 bridgehead atoms. The molecule has 7 nitrogen and oxygen atoms in total. The van der Waals surface area contributed by atoms with E-state index in [-0.39, 0.29) is 30.4 Å². The van der Waals surface area contributed by atoms with Crippen molar-refractivity contribution >= 4 is 46.4 Å². The fourth-order valence-electron chi connectivity index (χ4n) is 1.72. The van der Waals surface area contributed by atoms with E-state index in [0.29, 0.717) is 16.4 Å². The van der Waals surface area contributed by atoms with Gasteiger partial charge in [-0.3, -0.25) is 14.4 Å². The molecule has 0 aromatic heterocycles. The van der Waals surface area contributed by atoms with E-state index in [4.69, 9.17) is 11.6 Å². The summed E-state index contributed by atoms with van der Waals surface area (Å²) in [6.45, 7) is 1.38. The Hall–Kier alpha value is -2.41. The van der Waals surface area contributed by atoms with E-state index < -0.39 is 5.91 Å². The summed E-state index contributed by atoms with van der Waals surface area (Å²) in [6, 6.07) is 4.72. The molecule has 0 spiro atoms. The molecule has 0 saturated carbocycles. The second-order valence-corrected chi connectivity index (χ2v) is 4.83. The summed E-state index contributed by atoms with van der Waals surface area (Å²) in [5, 5.41) is 9.20. The summed E-state index contributed by atoms with van der Waals surface area (Å²) < 4.78 is 0. The van der Waals surface area contributed by atoms with Crippen LogP contribution in [-0.2, 0) is 14.4 Å². The number of anilines is 2. The molecule has 8 heteroatoms. The van der Waals surface area contributed by atoms with Gasteiger partial charge in [0.1, 0.15) is 5.71 Å². The van der Waals surface area contributed by atoms with Crippen molar-refractivity contribution in [3.8, 4) is 0 Å². The summed E-state index contributed by atoms with van der Waals surface area (Å²) in [4.78, 5) is 33.9. The Bertz CT molecular complexity index is 642. The molecule has 0 radical (unpaired) electrons. The first-order valence-electron chi connectivity index (χ1n) is 6.19.